The Bertz CT molecular complexity index is 222. The van der Waals surface area contributed by atoms with Crippen molar-refractivity contribution in [2.75, 3.05) is 0 Å². The van der Waals surface area contributed by atoms with Gasteiger partial charge in [0.15, 0.2) is 0 Å². The first-order chi connectivity index (χ1) is 6.66. The Labute approximate surface area is 89.1 Å². The molecule has 0 amide bonds. The predicted octanol–water partition coefficient (Wildman–Crippen LogP) is 2.93. The highest BCUT2D eigenvalue weighted by atomic mass is 28.3. The Morgan fingerprint density at radius 1 is 1.36 bits per heavy atom. The molecule has 0 heterocycles. The van der Waals surface area contributed by atoms with Gasteiger partial charge in [0.05, 0.1) is 14.9 Å². The van der Waals surface area contributed by atoms with Gasteiger partial charge in [0.25, 0.3) is 0 Å². The van der Waals surface area contributed by atoms with Crippen molar-refractivity contribution in [3.05, 3.63) is 17.5 Å². The van der Waals surface area contributed by atoms with E-state index in [1.54, 1.807) is 0 Å². The van der Waals surface area contributed by atoms with E-state index in [0.29, 0.717) is 5.92 Å². The lowest BCUT2D eigenvalue weighted by Crippen LogP contribution is -2.29. The molecule has 0 unspecified atom stereocenters. The van der Waals surface area contributed by atoms with E-state index in [4.69, 9.17) is 0 Å². The minimum Gasteiger partial charge on any atom is -0.388 e. The summed E-state index contributed by atoms with van der Waals surface area (Å²) in [7, 11) is -0.578. The number of aliphatic hydroxyl groups excluding tert-OH is 1. The van der Waals surface area contributed by atoms with Crippen LogP contribution in [0.4, 0.5) is 0 Å². The Balaban J connectivity index is 2.62. The summed E-state index contributed by atoms with van der Waals surface area (Å²) in [5, 5.41) is 11.3. The third-order valence-corrected chi connectivity index (χ3v) is 4.67. The van der Waals surface area contributed by atoms with Crippen molar-refractivity contribution in [3.63, 3.8) is 0 Å². The molecule has 2 heteroatoms. The van der Waals surface area contributed by atoms with Gasteiger partial charge >= 0.3 is 0 Å². The normalized spacial score (nSPS) is 20.6. The quantitative estimate of drug-likeness (QED) is 0.560. The summed E-state index contributed by atoms with van der Waals surface area (Å²) in [5.41, 5.74) is 2.96. The molecule has 1 fully saturated rings. The molecule has 79 valence electrons. The average molecular weight is 209 g/mol. The minimum atomic E-state index is -0.578. The maximum Gasteiger partial charge on any atom is 0.0876 e. The Morgan fingerprint density at radius 2 is 1.93 bits per heavy atom. The molecule has 1 saturated carbocycles. The van der Waals surface area contributed by atoms with Crippen molar-refractivity contribution >= 4 is 8.80 Å². The van der Waals surface area contributed by atoms with Gasteiger partial charge in [0, 0.05) is 0 Å². The summed E-state index contributed by atoms with van der Waals surface area (Å²) in [5.74, 6) is 0.480. The van der Waals surface area contributed by atoms with Crippen molar-refractivity contribution in [1.82, 2.24) is 0 Å². The SMILES string of the molecule is C=C=C([C@H](O)C1CCCCC1)[Si](C)C. The summed E-state index contributed by atoms with van der Waals surface area (Å²) in [6.07, 6.45) is 6.01. The first-order valence-corrected chi connectivity index (χ1v) is 8.05. The number of rotatable bonds is 3. The van der Waals surface area contributed by atoms with Crippen LogP contribution < -0.4 is 0 Å². The van der Waals surface area contributed by atoms with Gasteiger partial charge in [0.1, 0.15) is 0 Å². The molecular formula is C12H21OSi. The second kappa shape index (κ2) is 5.55. The summed E-state index contributed by atoms with van der Waals surface area (Å²) >= 11 is 0. The lowest BCUT2D eigenvalue weighted by Gasteiger charge is -2.28. The van der Waals surface area contributed by atoms with Crippen molar-refractivity contribution in [1.29, 1.82) is 0 Å². The fourth-order valence-corrected chi connectivity index (χ4v) is 3.44. The molecule has 0 aromatic heterocycles. The first-order valence-electron chi connectivity index (χ1n) is 5.55. The smallest absolute Gasteiger partial charge is 0.0876 e. The molecule has 0 aromatic rings. The molecule has 1 aliphatic rings. The summed E-state index contributed by atoms with van der Waals surface area (Å²) in [6, 6.07) is 0. The van der Waals surface area contributed by atoms with Crippen molar-refractivity contribution in [3.8, 4) is 0 Å². The lowest BCUT2D eigenvalue weighted by molar-refractivity contribution is 0.121. The molecule has 1 aliphatic carbocycles. The Hall–Kier alpha value is -0.303. The van der Waals surface area contributed by atoms with Crippen LogP contribution in [0.15, 0.2) is 17.5 Å². The van der Waals surface area contributed by atoms with Crippen molar-refractivity contribution in [2.45, 2.75) is 51.3 Å². The predicted molar refractivity (Wildman–Crippen MR) is 62.7 cm³/mol. The first kappa shape index (κ1) is 11.8. The maximum absolute atomic E-state index is 10.2. The largest absolute Gasteiger partial charge is 0.388 e. The number of aliphatic hydroxyl groups is 1. The minimum absolute atomic E-state index is 0.253. The van der Waals surface area contributed by atoms with Crippen LogP contribution in [0.25, 0.3) is 0 Å². The van der Waals surface area contributed by atoms with E-state index in [2.05, 4.69) is 25.4 Å². The van der Waals surface area contributed by atoms with Gasteiger partial charge < -0.3 is 5.11 Å². The fraction of sp³-hybridized carbons (Fsp3) is 0.750. The van der Waals surface area contributed by atoms with E-state index in [1.165, 1.54) is 32.1 Å². The zero-order chi connectivity index (χ0) is 10.6. The fourth-order valence-electron chi connectivity index (χ4n) is 2.26. The van der Waals surface area contributed by atoms with Crippen LogP contribution in [-0.4, -0.2) is 20.0 Å². The van der Waals surface area contributed by atoms with E-state index in [0.717, 1.165) is 5.20 Å². The van der Waals surface area contributed by atoms with Gasteiger partial charge in [-0.1, -0.05) is 38.9 Å². The molecule has 0 bridgehead atoms. The number of hydrogen-bond acceptors (Lipinski definition) is 1. The van der Waals surface area contributed by atoms with E-state index < -0.39 is 8.80 Å². The van der Waals surface area contributed by atoms with E-state index >= 15 is 0 Å². The van der Waals surface area contributed by atoms with Crippen molar-refractivity contribution in [2.24, 2.45) is 5.92 Å². The van der Waals surface area contributed by atoms with Crippen LogP contribution in [0.1, 0.15) is 32.1 Å². The highest BCUT2D eigenvalue weighted by molar-refractivity contribution is 6.64. The zero-order valence-electron chi connectivity index (χ0n) is 9.34. The molecule has 1 radical (unpaired) electrons. The molecule has 1 N–H and O–H groups in total. The maximum atomic E-state index is 10.2. The third-order valence-electron chi connectivity index (χ3n) is 3.12. The molecule has 14 heavy (non-hydrogen) atoms. The van der Waals surface area contributed by atoms with Gasteiger partial charge in [-0.15, -0.1) is 5.73 Å². The molecule has 0 spiro atoms. The van der Waals surface area contributed by atoms with Crippen LogP contribution >= 0.6 is 0 Å². The van der Waals surface area contributed by atoms with E-state index in [1.807, 2.05) is 0 Å². The summed E-state index contributed by atoms with van der Waals surface area (Å²) in [6.45, 7) is 8.10. The van der Waals surface area contributed by atoms with Crippen LogP contribution in [0, 0.1) is 5.92 Å². The van der Waals surface area contributed by atoms with Gasteiger partial charge in [-0.2, -0.15) is 0 Å². The van der Waals surface area contributed by atoms with Gasteiger partial charge in [0.2, 0.25) is 0 Å². The molecule has 0 saturated heterocycles. The van der Waals surface area contributed by atoms with Gasteiger partial charge in [-0.05, 0) is 24.0 Å². The van der Waals surface area contributed by atoms with Crippen LogP contribution in [0.3, 0.4) is 0 Å². The topological polar surface area (TPSA) is 20.2 Å². The third kappa shape index (κ3) is 2.84. The molecule has 0 aliphatic heterocycles. The van der Waals surface area contributed by atoms with Gasteiger partial charge in [-0.25, -0.2) is 0 Å². The Morgan fingerprint density at radius 3 is 2.36 bits per heavy atom. The molecular weight excluding hydrogens is 188 g/mol. The zero-order valence-corrected chi connectivity index (χ0v) is 10.3. The molecule has 1 nitrogen and oxygen atoms in total. The van der Waals surface area contributed by atoms with Crippen molar-refractivity contribution < 1.29 is 5.11 Å². The second-order valence-corrected chi connectivity index (χ2v) is 6.97. The summed E-state index contributed by atoms with van der Waals surface area (Å²) < 4.78 is 0. The second-order valence-electron chi connectivity index (χ2n) is 4.43. The van der Waals surface area contributed by atoms with Crippen LogP contribution in [0.2, 0.25) is 13.1 Å². The number of hydrogen-bond donors (Lipinski definition) is 1. The highest BCUT2D eigenvalue weighted by Gasteiger charge is 2.26. The Kier molecular flexibility index (Phi) is 4.66. The van der Waals surface area contributed by atoms with Gasteiger partial charge in [-0.3, -0.25) is 0 Å². The summed E-state index contributed by atoms with van der Waals surface area (Å²) in [4.78, 5) is 0. The lowest BCUT2D eigenvalue weighted by atomic mass is 9.85. The highest BCUT2D eigenvalue weighted by Crippen LogP contribution is 2.29. The van der Waals surface area contributed by atoms with Crippen LogP contribution in [0.5, 0.6) is 0 Å². The molecule has 1 rings (SSSR count). The average Bonchev–Trinajstić information content (AvgIpc) is 2.19. The van der Waals surface area contributed by atoms with E-state index in [-0.39, 0.29) is 6.10 Å². The molecule has 1 atom stereocenters. The molecule has 0 aromatic carbocycles. The standard InChI is InChI=1S/C12H21OSi/c1-4-11(14(2)3)12(13)10-8-6-5-7-9-10/h10,12-13H,1,5-9H2,2-3H3/t12-/m1/s1. The van der Waals surface area contributed by atoms with Crippen LogP contribution in [-0.2, 0) is 0 Å². The van der Waals surface area contributed by atoms with E-state index in [9.17, 15) is 5.11 Å². The monoisotopic (exact) mass is 209 g/mol.